The predicted octanol–water partition coefficient (Wildman–Crippen LogP) is 2.58. The number of hydrogen-bond donors (Lipinski definition) is 1. The molecular weight excluding hydrogens is 254 g/mol. The van der Waals surface area contributed by atoms with Gasteiger partial charge < -0.3 is 10.0 Å². The summed E-state index contributed by atoms with van der Waals surface area (Å²) in [4.78, 5) is 2.36. The van der Waals surface area contributed by atoms with Crippen molar-refractivity contribution >= 4 is 21.6 Å². The minimum absolute atomic E-state index is 0.309. The van der Waals surface area contributed by atoms with Crippen LogP contribution < -0.4 is 4.90 Å². The van der Waals surface area contributed by atoms with Crippen molar-refractivity contribution in [1.29, 1.82) is 0 Å². The van der Waals surface area contributed by atoms with Gasteiger partial charge in [-0.1, -0.05) is 22.0 Å². The standard InChI is InChI=1S/C12H16BrNO/c1-9-2-3-11(13)6-12(9)14-5-4-10(7-14)8-15/h2-3,6,10,15H,4-5,7-8H2,1H3. The topological polar surface area (TPSA) is 23.5 Å². The summed E-state index contributed by atoms with van der Waals surface area (Å²) < 4.78 is 1.12. The normalized spacial score (nSPS) is 21.0. The van der Waals surface area contributed by atoms with E-state index >= 15 is 0 Å². The maximum atomic E-state index is 9.12. The zero-order valence-corrected chi connectivity index (χ0v) is 10.5. The van der Waals surface area contributed by atoms with Gasteiger partial charge in [0.05, 0.1) is 0 Å². The zero-order chi connectivity index (χ0) is 10.8. The van der Waals surface area contributed by atoms with Gasteiger partial charge in [0, 0.05) is 35.8 Å². The third-order valence-corrected chi connectivity index (χ3v) is 3.55. The first kappa shape index (κ1) is 11.0. The van der Waals surface area contributed by atoms with Crippen LogP contribution in [0.25, 0.3) is 0 Å². The zero-order valence-electron chi connectivity index (χ0n) is 8.91. The minimum Gasteiger partial charge on any atom is -0.396 e. The van der Waals surface area contributed by atoms with Gasteiger partial charge in [0.15, 0.2) is 0 Å². The number of aliphatic hydroxyl groups is 1. The van der Waals surface area contributed by atoms with E-state index in [4.69, 9.17) is 5.11 Å². The first-order valence-electron chi connectivity index (χ1n) is 5.32. The second-order valence-corrected chi connectivity index (χ2v) is 5.13. The summed E-state index contributed by atoms with van der Waals surface area (Å²) in [5.41, 5.74) is 2.59. The molecule has 15 heavy (non-hydrogen) atoms. The van der Waals surface area contributed by atoms with Gasteiger partial charge in [-0.3, -0.25) is 0 Å². The number of benzene rings is 1. The fourth-order valence-electron chi connectivity index (χ4n) is 2.12. The number of hydrogen-bond acceptors (Lipinski definition) is 2. The van der Waals surface area contributed by atoms with E-state index in [9.17, 15) is 0 Å². The fourth-order valence-corrected chi connectivity index (χ4v) is 2.47. The molecule has 1 aromatic carbocycles. The Hall–Kier alpha value is -0.540. The number of rotatable bonds is 2. The van der Waals surface area contributed by atoms with Crippen molar-refractivity contribution in [2.75, 3.05) is 24.6 Å². The highest BCUT2D eigenvalue weighted by Crippen LogP contribution is 2.29. The molecule has 1 N–H and O–H groups in total. The van der Waals surface area contributed by atoms with Crippen LogP contribution >= 0.6 is 15.9 Å². The molecular formula is C12H16BrNO. The van der Waals surface area contributed by atoms with E-state index in [1.54, 1.807) is 0 Å². The fraction of sp³-hybridized carbons (Fsp3) is 0.500. The molecule has 0 spiro atoms. The first-order chi connectivity index (χ1) is 7.20. The molecule has 82 valence electrons. The summed E-state index contributed by atoms with van der Waals surface area (Å²) >= 11 is 3.50. The Bertz CT molecular complexity index is 353. The number of aliphatic hydroxyl groups excluding tert-OH is 1. The van der Waals surface area contributed by atoms with E-state index in [-0.39, 0.29) is 0 Å². The molecule has 2 nitrogen and oxygen atoms in total. The predicted molar refractivity (Wildman–Crippen MR) is 66.3 cm³/mol. The van der Waals surface area contributed by atoms with E-state index in [0.29, 0.717) is 12.5 Å². The lowest BCUT2D eigenvalue weighted by Gasteiger charge is -2.21. The van der Waals surface area contributed by atoms with Crippen LogP contribution in [-0.4, -0.2) is 24.8 Å². The molecule has 1 unspecified atom stereocenters. The minimum atomic E-state index is 0.309. The molecule has 3 heteroatoms. The van der Waals surface area contributed by atoms with Crippen LogP contribution in [0.5, 0.6) is 0 Å². The van der Waals surface area contributed by atoms with Crippen molar-refractivity contribution in [3.63, 3.8) is 0 Å². The maximum absolute atomic E-state index is 9.12. The second kappa shape index (κ2) is 4.54. The molecule has 0 aromatic heterocycles. The molecule has 0 radical (unpaired) electrons. The van der Waals surface area contributed by atoms with Crippen LogP contribution in [0.4, 0.5) is 5.69 Å². The lowest BCUT2D eigenvalue weighted by molar-refractivity contribution is 0.238. The van der Waals surface area contributed by atoms with E-state index < -0.39 is 0 Å². The first-order valence-corrected chi connectivity index (χ1v) is 6.12. The van der Waals surface area contributed by atoms with E-state index in [2.05, 4.69) is 46.0 Å². The quantitative estimate of drug-likeness (QED) is 0.892. The number of halogens is 1. The molecule has 1 saturated heterocycles. The Kier molecular flexibility index (Phi) is 3.32. The Morgan fingerprint density at radius 2 is 2.33 bits per heavy atom. The molecule has 2 rings (SSSR count). The van der Waals surface area contributed by atoms with Crippen molar-refractivity contribution in [1.82, 2.24) is 0 Å². The van der Waals surface area contributed by atoms with Crippen molar-refractivity contribution in [3.8, 4) is 0 Å². The largest absolute Gasteiger partial charge is 0.396 e. The lowest BCUT2D eigenvalue weighted by Crippen LogP contribution is -2.21. The molecule has 0 aliphatic carbocycles. The van der Waals surface area contributed by atoms with Crippen LogP contribution in [-0.2, 0) is 0 Å². The highest BCUT2D eigenvalue weighted by Gasteiger charge is 2.22. The molecule has 1 fully saturated rings. The molecule has 1 heterocycles. The Morgan fingerprint density at radius 1 is 1.53 bits per heavy atom. The molecule has 1 aliphatic heterocycles. The molecule has 1 aromatic rings. The molecule has 0 saturated carbocycles. The molecule has 0 amide bonds. The summed E-state index contributed by atoms with van der Waals surface area (Å²) in [6.45, 7) is 4.48. The van der Waals surface area contributed by atoms with Gasteiger partial charge in [-0.2, -0.15) is 0 Å². The van der Waals surface area contributed by atoms with Gasteiger partial charge in [0.1, 0.15) is 0 Å². The van der Waals surface area contributed by atoms with Gasteiger partial charge in [0.2, 0.25) is 0 Å². The number of aryl methyl sites for hydroxylation is 1. The van der Waals surface area contributed by atoms with Crippen molar-refractivity contribution in [2.24, 2.45) is 5.92 Å². The summed E-state index contributed by atoms with van der Waals surface area (Å²) in [5, 5.41) is 9.12. The Morgan fingerprint density at radius 3 is 3.00 bits per heavy atom. The van der Waals surface area contributed by atoms with Crippen LogP contribution in [0.1, 0.15) is 12.0 Å². The lowest BCUT2D eigenvalue weighted by atomic mass is 10.1. The number of nitrogens with zero attached hydrogens (tertiary/aromatic N) is 1. The van der Waals surface area contributed by atoms with E-state index in [1.165, 1.54) is 11.3 Å². The van der Waals surface area contributed by atoms with Gasteiger partial charge >= 0.3 is 0 Å². The summed E-state index contributed by atoms with van der Waals surface area (Å²) in [5.74, 6) is 0.448. The van der Waals surface area contributed by atoms with Crippen LogP contribution in [0.3, 0.4) is 0 Å². The average Bonchev–Trinajstić information content (AvgIpc) is 2.70. The van der Waals surface area contributed by atoms with Crippen LogP contribution in [0.15, 0.2) is 22.7 Å². The molecule has 1 aliphatic rings. The van der Waals surface area contributed by atoms with Gasteiger partial charge in [-0.25, -0.2) is 0 Å². The third kappa shape index (κ3) is 2.34. The van der Waals surface area contributed by atoms with E-state index in [0.717, 1.165) is 24.0 Å². The SMILES string of the molecule is Cc1ccc(Br)cc1N1CCC(CO)C1. The van der Waals surface area contributed by atoms with Crippen molar-refractivity contribution < 1.29 is 5.11 Å². The van der Waals surface area contributed by atoms with Crippen molar-refractivity contribution in [2.45, 2.75) is 13.3 Å². The van der Waals surface area contributed by atoms with Gasteiger partial charge in [0.25, 0.3) is 0 Å². The average molecular weight is 270 g/mol. The van der Waals surface area contributed by atoms with Crippen LogP contribution in [0.2, 0.25) is 0 Å². The number of anilines is 1. The van der Waals surface area contributed by atoms with Crippen LogP contribution in [0, 0.1) is 12.8 Å². The summed E-state index contributed by atoms with van der Waals surface area (Å²) in [6.07, 6.45) is 1.10. The Balaban J connectivity index is 2.19. The highest BCUT2D eigenvalue weighted by molar-refractivity contribution is 9.10. The monoisotopic (exact) mass is 269 g/mol. The Labute approximate surface area is 99.0 Å². The van der Waals surface area contributed by atoms with Crippen molar-refractivity contribution in [3.05, 3.63) is 28.2 Å². The smallest absolute Gasteiger partial charge is 0.0476 e. The van der Waals surface area contributed by atoms with Gasteiger partial charge in [-0.15, -0.1) is 0 Å². The third-order valence-electron chi connectivity index (χ3n) is 3.06. The highest BCUT2D eigenvalue weighted by atomic mass is 79.9. The van der Waals surface area contributed by atoms with Gasteiger partial charge in [-0.05, 0) is 31.0 Å². The second-order valence-electron chi connectivity index (χ2n) is 4.21. The summed E-state index contributed by atoms with van der Waals surface area (Å²) in [7, 11) is 0. The van der Waals surface area contributed by atoms with E-state index in [1.807, 2.05) is 0 Å². The maximum Gasteiger partial charge on any atom is 0.0476 e. The summed E-state index contributed by atoms with van der Waals surface area (Å²) in [6, 6.07) is 6.36. The molecule has 1 atom stereocenters. The molecule has 0 bridgehead atoms.